The van der Waals surface area contributed by atoms with E-state index in [1.807, 2.05) is 32.1 Å². The lowest BCUT2D eigenvalue weighted by Gasteiger charge is -2.15. The van der Waals surface area contributed by atoms with E-state index in [2.05, 4.69) is 37.4 Å². The maximum absolute atomic E-state index is 4.26. The second-order valence-electron chi connectivity index (χ2n) is 2.87. The smallest absolute Gasteiger partial charge is 0.158 e. The number of aryl methyl sites for hydroxylation is 1. The van der Waals surface area contributed by atoms with Gasteiger partial charge in [-0.25, -0.2) is 4.98 Å². The minimum absolute atomic E-state index is 0.909. The summed E-state index contributed by atoms with van der Waals surface area (Å²) in [6.45, 7) is 2.04. The van der Waals surface area contributed by atoms with E-state index >= 15 is 0 Å². The highest BCUT2D eigenvalue weighted by atomic mass is 127. The number of nitrogens with one attached hydrogen (secondary N) is 1. The van der Waals surface area contributed by atoms with Crippen LogP contribution in [0.15, 0.2) is 12.3 Å². The van der Waals surface area contributed by atoms with E-state index < -0.39 is 0 Å². The first kappa shape index (κ1) is 9.57. The van der Waals surface area contributed by atoms with Gasteiger partial charge in [-0.3, -0.25) is 0 Å². The molecule has 4 heteroatoms. The van der Waals surface area contributed by atoms with Crippen LogP contribution in [0.25, 0.3) is 0 Å². The quantitative estimate of drug-likeness (QED) is 0.663. The highest BCUT2D eigenvalue weighted by Gasteiger charge is 2.03. The molecule has 0 bridgehead atoms. The fourth-order valence-corrected chi connectivity index (χ4v) is 1.38. The van der Waals surface area contributed by atoms with E-state index in [1.165, 1.54) is 5.56 Å². The summed E-state index contributed by atoms with van der Waals surface area (Å²) in [5.41, 5.74) is 2.29. The third-order valence-electron chi connectivity index (χ3n) is 1.58. The molecule has 0 fully saturated rings. The van der Waals surface area contributed by atoms with Crippen LogP contribution in [0.1, 0.15) is 5.56 Å². The van der Waals surface area contributed by atoms with E-state index in [4.69, 9.17) is 0 Å². The summed E-state index contributed by atoms with van der Waals surface area (Å²) in [5.74, 6) is 0.909. The first-order chi connectivity index (χ1) is 5.65. The van der Waals surface area contributed by atoms with Crippen molar-refractivity contribution >= 4 is 34.4 Å². The molecular weight excluding hydrogens is 265 g/mol. The van der Waals surface area contributed by atoms with Crippen LogP contribution in [0.3, 0.4) is 0 Å². The van der Waals surface area contributed by atoms with Crippen LogP contribution in [0.5, 0.6) is 0 Å². The molecule has 1 rings (SSSR count). The molecule has 0 unspecified atom stereocenters. The normalized spacial score (nSPS) is 9.67. The Morgan fingerprint density at radius 3 is 2.67 bits per heavy atom. The molecule has 0 aliphatic heterocycles. The van der Waals surface area contributed by atoms with Crippen LogP contribution >= 0.6 is 22.9 Å². The second kappa shape index (κ2) is 3.93. The topological polar surface area (TPSA) is 28.2 Å². The van der Waals surface area contributed by atoms with Gasteiger partial charge in [0.05, 0.1) is 28.6 Å². The zero-order valence-electron chi connectivity index (χ0n) is 7.43. The van der Waals surface area contributed by atoms with Crippen molar-refractivity contribution < 1.29 is 0 Å². The average molecular weight is 277 g/mol. The Kier molecular flexibility index (Phi) is 3.13. The Bertz CT molecular complexity index is 273. The minimum atomic E-state index is 0.909. The number of nitrogens with zero attached hydrogens (tertiary/aromatic N) is 2. The van der Waals surface area contributed by atoms with Crippen LogP contribution < -0.4 is 8.43 Å². The monoisotopic (exact) mass is 277 g/mol. The van der Waals surface area contributed by atoms with Crippen molar-refractivity contribution in [2.75, 3.05) is 22.5 Å². The summed E-state index contributed by atoms with van der Waals surface area (Å²) < 4.78 is 3.02. The third kappa shape index (κ3) is 2.00. The van der Waals surface area contributed by atoms with Gasteiger partial charge < -0.3 is 8.43 Å². The lowest BCUT2D eigenvalue weighted by molar-refractivity contribution is 1.11. The number of halogens is 1. The standard InChI is InChI=1S/C8H12IN3/c1-6-4-7(12(2)3)8(11-9)10-5-6/h4-5H,1-3H3,(H,10,11). The van der Waals surface area contributed by atoms with E-state index in [-0.39, 0.29) is 0 Å². The van der Waals surface area contributed by atoms with Gasteiger partial charge in [0.2, 0.25) is 0 Å². The largest absolute Gasteiger partial charge is 0.375 e. The van der Waals surface area contributed by atoms with Gasteiger partial charge >= 0.3 is 0 Å². The summed E-state index contributed by atoms with van der Waals surface area (Å²) in [4.78, 5) is 6.30. The second-order valence-corrected chi connectivity index (χ2v) is 3.41. The van der Waals surface area contributed by atoms with Crippen molar-refractivity contribution in [2.24, 2.45) is 0 Å². The van der Waals surface area contributed by atoms with Gasteiger partial charge in [0.25, 0.3) is 0 Å². The van der Waals surface area contributed by atoms with Crippen molar-refractivity contribution in [3.05, 3.63) is 17.8 Å². The molecule has 3 nitrogen and oxygen atoms in total. The molecule has 0 saturated carbocycles. The van der Waals surface area contributed by atoms with Gasteiger partial charge in [0, 0.05) is 20.3 Å². The molecule has 0 aliphatic rings. The summed E-state index contributed by atoms with van der Waals surface area (Å²) in [5, 5.41) is 0. The predicted molar refractivity (Wildman–Crippen MR) is 60.9 cm³/mol. The first-order valence-electron chi connectivity index (χ1n) is 3.65. The Hall–Kier alpha value is -0.520. The van der Waals surface area contributed by atoms with Gasteiger partial charge in [0.15, 0.2) is 5.82 Å². The molecule has 0 spiro atoms. The Labute approximate surface area is 86.7 Å². The molecule has 12 heavy (non-hydrogen) atoms. The fraction of sp³-hybridized carbons (Fsp3) is 0.375. The molecule has 0 saturated heterocycles. The van der Waals surface area contributed by atoms with Crippen LogP contribution in [0.4, 0.5) is 11.5 Å². The number of hydrogen-bond acceptors (Lipinski definition) is 3. The number of pyridine rings is 1. The zero-order chi connectivity index (χ0) is 9.14. The molecule has 0 radical (unpaired) electrons. The van der Waals surface area contributed by atoms with Crippen molar-refractivity contribution in [1.82, 2.24) is 4.98 Å². The summed E-state index contributed by atoms with van der Waals surface area (Å²) >= 11 is 2.08. The van der Waals surface area contributed by atoms with Crippen molar-refractivity contribution in [2.45, 2.75) is 6.92 Å². The molecule has 1 N–H and O–H groups in total. The van der Waals surface area contributed by atoms with Crippen LogP contribution in [-0.2, 0) is 0 Å². The fourth-order valence-electron chi connectivity index (χ4n) is 0.967. The van der Waals surface area contributed by atoms with Crippen molar-refractivity contribution in [1.29, 1.82) is 0 Å². The molecule has 1 aromatic heterocycles. The SMILES string of the molecule is Cc1cnc(NI)c(N(C)C)c1. The van der Waals surface area contributed by atoms with Gasteiger partial charge in [0.1, 0.15) is 0 Å². The summed E-state index contributed by atoms with van der Waals surface area (Å²) in [6.07, 6.45) is 1.86. The van der Waals surface area contributed by atoms with Crippen LogP contribution in [-0.4, -0.2) is 19.1 Å². The first-order valence-corrected chi connectivity index (χ1v) is 4.73. The molecule has 1 aromatic rings. The average Bonchev–Trinajstić information content (AvgIpc) is 2.04. The lowest BCUT2D eigenvalue weighted by atomic mass is 10.3. The van der Waals surface area contributed by atoms with Crippen LogP contribution in [0, 0.1) is 6.92 Å². The van der Waals surface area contributed by atoms with E-state index in [1.54, 1.807) is 0 Å². The van der Waals surface area contributed by atoms with Gasteiger partial charge in [-0.1, -0.05) is 0 Å². The van der Waals surface area contributed by atoms with Gasteiger partial charge in [-0.05, 0) is 18.6 Å². The molecule has 66 valence electrons. The predicted octanol–water partition coefficient (Wildman–Crippen LogP) is 2.22. The van der Waals surface area contributed by atoms with Gasteiger partial charge in [-0.15, -0.1) is 0 Å². The maximum Gasteiger partial charge on any atom is 0.158 e. The van der Waals surface area contributed by atoms with Gasteiger partial charge in [-0.2, -0.15) is 0 Å². The highest BCUT2D eigenvalue weighted by Crippen LogP contribution is 2.23. The third-order valence-corrected chi connectivity index (χ3v) is 2.09. The minimum Gasteiger partial charge on any atom is -0.375 e. The van der Waals surface area contributed by atoms with Crippen LogP contribution in [0.2, 0.25) is 0 Å². The van der Waals surface area contributed by atoms with E-state index in [0.29, 0.717) is 0 Å². The Balaban J connectivity index is 3.12. The van der Waals surface area contributed by atoms with Crippen molar-refractivity contribution in [3.63, 3.8) is 0 Å². The number of aromatic nitrogens is 1. The molecule has 0 aliphatic carbocycles. The van der Waals surface area contributed by atoms with E-state index in [9.17, 15) is 0 Å². The molecule has 1 heterocycles. The number of anilines is 2. The van der Waals surface area contributed by atoms with E-state index in [0.717, 1.165) is 11.5 Å². The zero-order valence-corrected chi connectivity index (χ0v) is 9.58. The molecular formula is C8H12IN3. The lowest BCUT2D eigenvalue weighted by Crippen LogP contribution is -2.11. The summed E-state index contributed by atoms with van der Waals surface area (Å²) in [7, 11) is 4.02. The Morgan fingerprint density at radius 1 is 1.50 bits per heavy atom. The maximum atomic E-state index is 4.26. The molecule has 0 atom stereocenters. The highest BCUT2D eigenvalue weighted by molar-refractivity contribution is 14.1. The molecule has 0 amide bonds. The molecule has 0 aromatic carbocycles. The van der Waals surface area contributed by atoms with Crippen molar-refractivity contribution in [3.8, 4) is 0 Å². The number of rotatable bonds is 2. The summed E-state index contributed by atoms with van der Waals surface area (Å²) in [6, 6.07) is 2.11. The Morgan fingerprint density at radius 2 is 2.17 bits per heavy atom. The number of hydrogen-bond donors (Lipinski definition) is 1.